The topological polar surface area (TPSA) is 106 Å². The number of nitrogens with one attached hydrogen (secondary N) is 3. The molecule has 3 amide bonds. The van der Waals surface area contributed by atoms with E-state index in [-0.39, 0.29) is 24.8 Å². The third kappa shape index (κ3) is 10.2. The van der Waals surface area contributed by atoms with E-state index in [1.807, 2.05) is 18.2 Å². The fourth-order valence-corrected chi connectivity index (χ4v) is 2.51. The number of ether oxygens (including phenoxy) is 2. The van der Waals surface area contributed by atoms with Gasteiger partial charge in [0.1, 0.15) is 11.4 Å². The summed E-state index contributed by atoms with van der Waals surface area (Å²) < 4.78 is 10.6. The van der Waals surface area contributed by atoms with Crippen molar-refractivity contribution in [2.45, 2.75) is 39.2 Å². The van der Waals surface area contributed by atoms with Crippen LogP contribution in [0.3, 0.4) is 0 Å². The van der Waals surface area contributed by atoms with Gasteiger partial charge in [-0.05, 0) is 51.5 Å². The van der Waals surface area contributed by atoms with Crippen molar-refractivity contribution < 1.29 is 23.9 Å². The Labute approximate surface area is 182 Å². The number of benzene rings is 2. The Hall–Kier alpha value is -3.55. The summed E-state index contributed by atoms with van der Waals surface area (Å²) >= 11 is 0. The van der Waals surface area contributed by atoms with Gasteiger partial charge in [-0.2, -0.15) is 0 Å². The van der Waals surface area contributed by atoms with Crippen LogP contribution in [0.5, 0.6) is 5.75 Å². The molecule has 2 aromatic carbocycles. The number of anilines is 2. The van der Waals surface area contributed by atoms with E-state index in [4.69, 9.17) is 9.47 Å². The highest BCUT2D eigenvalue weighted by atomic mass is 16.6. The lowest BCUT2D eigenvalue weighted by atomic mass is 10.2. The van der Waals surface area contributed by atoms with Crippen molar-refractivity contribution in [2.75, 3.05) is 23.8 Å². The lowest BCUT2D eigenvalue weighted by Crippen LogP contribution is -2.33. The van der Waals surface area contributed by atoms with E-state index in [2.05, 4.69) is 16.0 Å². The van der Waals surface area contributed by atoms with Gasteiger partial charge in [-0.25, -0.2) is 4.79 Å². The number of hydrogen-bond donors (Lipinski definition) is 3. The lowest BCUT2D eigenvalue weighted by Gasteiger charge is -2.19. The highest BCUT2D eigenvalue weighted by molar-refractivity contribution is 5.92. The van der Waals surface area contributed by atoms with Crippen molar-refractivity contribution in [3.8, 4) is 5.75 Å². The second-order valence-corrected chi connectivity index (χ2v) is 7.81. The highest BCUT2D eigenvalue weighted by Crippen LogP contribution is 2.18. The Balaban J connectivity index is 1.70. The molecule has 0 saturated carbocycles. The Kier molecular flexibility index (Phi) is 8.87. The number of hydrogen-bond acceptors (Lipinski definition) is 5. The van der Waals surface area contributed by atoms with Gasteiger partial charge in [-0.1, -0.05) is 24.3 Å². The van der Waals surface area contributed by atoms with Crippen molar-refractivity contribution in [3.05, 3.63) is 54.6 Å². The molecule has 0 aromatic heterocycles. The molecule has 8 nitrogen and oxygen atoms in total. The van der Waals surface area contributed by atoms with Crippen LogP contribution in [0.1, 0.15) is 33.6 Å². The molecule has 31 heavy (non-hydrogen) atoms. The predicted molar refractivity (Wildman–Crippen MR) is 119 cm³/mol. The summed E-state index contributed by atoms with van der Waals surface area (Å²) in [6.07, 6.45) is 0.204. The molecule has 0 saturated heterocycles. The van der Waals surface area contributed by atoms with Crippen LogP contribution in [0, 0.1) is 0 Å². The molecule has 0 bridgehead atoms. The lowest BCUT2D eigenvalue weighted by molar-refractivity contribution is -0.118. The third-order valence-electron chi connectivity index (χ3n) is 3.79. The van der Waals surface area contributed by atoms with Crippen LogP contribution in [0.15, 0.2) is 54.6 Å². The summed E-state index contributed by atoms with van der Waals surface area (Å²) in [5.74, 6) is -0.00399. The maximum Gasteiger partial charge on any atom is 0.407 e. The van der Waals surface area contributed by atoms with Crippen molar-refractivity contribution >= 4 is 29.3 Å². The number of para-hydroxylation sites is 1. The van der Waals surface area contributed by atoms with Gasteiger partial charge in [0, 0.05) is 30.4 Å². The van der Waals surface area contributed by atoms with Gasteiger partial charge in [0.2, 0.25) is 5.91 Å². The molecule has 0 radical (unpaired) electrons. The molecule has 3 N–H and O–H groups in total. The van der Waals surface area contributed by atoms with E-state index in [1.54, 1.807) is 57.2 Å². The SMILES string of the molecule is CC(C)(C)OC(=O)NCCCC(=O)Nc1cccc(OCC(=O)Nc2ccccc2)c1. The first-order chi connectivity index (χ1) is 14.7. The summed E-state index contributed by atoms with van der Waals surface area (Å²) in [6, 6.07) is 15.9. The fourth-order valence-electron chi connectivity index (χ4n) is 2.51. The van der Waals surface area contributed by atoms with Crippen LogP contribution in [-0.2, 0) is 14.3 Å². The van der Waals surface area contributed by atoms with Gasteiger partial charge in [-0.3, -0.25) is 9.59 Å². The summed E-state index contributed by atoms with van der Waals surface area (Å²) in [4.78, 5) is 35.6. The number of rotatable bonds is 9. The zero-order valence-corrected chi connectivity index (χ0v) is 18.1. The Morgan fingerprint density at radius 2 is 1.55 bits per heavy atom. The van der Waals surface area contributed by atoms with E-state index in [1.165, 1.54) is 0 Å². The van der Waals surface area contributed by atoms with Gasteiger partial charge in [0.15, 0.2) is 6.61 Å². The molecule has 166 valence electrons. The smallest absolute Gasteiger partial charge is 0.407 e. The van der Waals surface area contributed by atoms with E-state index >= 15 is 0 Å². The molecule has 0 heterocycles. The molecular weight excluding hydrogens is 398 g/mol. The van der Waals surface area contributed by atoms with Crippen molar-refractivity contribution in [3.63, 3.8) is 0 Å². The molecule has 0 unspecified atom stereocenters. The van der Waals surface area contributed by atoms with Crippen molar-refractivity contribution in [2.24, 2.45) is 0 Å². The largest absolute Gasteiger partial charge is 0.484 e. The monoisotopic (exact) mass is 427 g/mol. The second kappa shape index (κ2) is 11.6. The second-order valence-electron chi connectivity index (χ2n) is 7.81. The normalized spacial score (nSPS) is 10.7. The molecule has 0 spiro atoms. The van der Waals surface area contributed by atoms with Gasteiger partial charge in [-0.15, -0.1) is 0 Å². The van der Waals surface area contributed by atoms with E-state index < -0.39 is 11.7 Å². The highest BCUT2D eigenvalue weighted by Gasteiger charge is 2.15. The molecular formula is C23H29N3O5. The van der Waals surface area contributed by atoms with Gasteiger partial charge >= 0.3 is 6.09 Å². The number of alkyl carbamates (subject to hydrolysis) is 1. The molecule has 2 aromatic rings. The van der Waals surface area contributed by atoms with Crippen LogP contribution < -0.4 is 20.7 Å². The number of carbonyl (C=O) groups is 3. The van der Waals surface area contributed by atoms with Crippen LogP contribution in [0.2, 0.25) is 0 Å². The van der Waals surface area contributed by atoms with Crippen LogP contribution >= 0.6 is 0 Å². The van der Waals surface area contributed by atoms with Gasteiger partial charge < -0.3 is 25.4 Å². The first-order valence-electron chi connectivity index (χ1n) is 10.1. The van der Waals surface area contributed by atoms with Gasteiger partial charge in [0.25, 0.3) is 5.91 Å². The van der Waals surface area contributed by atoms with Crippen molar-refractivity contribution in [1.82, 2.24) is 5.32 Å². The van der Waals surface area contributed by atoms with E-state index in [0.717, 1.165) is 0 Å². The summed E-state index contributed by atoms with van der Waals surface area (Å²) in [5.41, 5.74) is 0.695. The molecule has 0 fully saturated rings. The average Bonchev–Trinajstić information content (AvgIpc) is 2.69. The number of carbonyl (C=O) groups excluding carboxylic acids is 3. The zero-order chi connectivity index (χ0) is 22.7. The van der Waals surface area contributed by atoms with Crippen molar-refractivity contribution in [1.29, 1.82) is 0 Å². The molecule has 0 atom stereocenters. The first-order valence-corrected chi connectivity index (χ1v) is 10.1. The Bertz CT molecular complexity index is 878. The Morgan fingerprint density at radius 1 is 0.871 bits per heavy atom. The maximum atomic E-state index is 12.1. The molecule has 8 heteroatoms. The molecule has 2 rings (SSSR count). The van der Waals surface area contributed by atoms with E-state index in [9.17, 15) is 14.4 Å². The average molecular weight is 428 g/mol. The minimum Gasteiger partial charge on any atom is -0.484 e. The summed E-state index contributed by atoms with van der Waals surface area (Å²) in [6.45, 7) is 5.54. The van der Waals surface area contributed by atoms with Gasteiger partial charge in [0.05, 0.1) is 0 Å². The Morgan fingerprint density at radius 3 is 2.26 bits per heavy atom. The predicted octanol–water partition coefficient (Wildman–Crippen LogP) is 3.95. The van der Waals surface area contributed by atoms with Crippen LogP contribution in [0.25, 0.3) is 0 Å². The first kappa shape index (κ1) is 23.7. The third-order valence-corrected chi connectivity index (χ3v) is 3.79. The molecule has 0 aliphatic heterocycles. The fraction of sp³-hybridized carbons (Fsp3) is 0.348. The molecule has 0 aliphatic carbocycles. The molecule has 0 aliphatic rings. The minimum atomic E-state index is -0.559. The quantitative estimate of drug-likeness (QED) is 0.526. The number of amides is 3. The minimum absolute atomic E-state index is 0.150. The van der Waals surface area contributed by atoms with Crippen LogP contribution in [-0.4, -0.2) is 36.7 Å². The standard InChI is InChI=1S/C23H29N3O5/c1-23(2,3)31-22(29)24-14-8-13-20(27)26-18-11-7-12-19(15-18)30-16-21(28)25-17-9-5-4-6-10-17/h4-7,9-12,15H,8,13-14,16H2,1-3H3,(H,24,29)(H,25,28)(H,26,27). The zero-order valence-electron chi connectivity index (χ0n) is 18.1. The van der Waals surface area contributed by atoms with E-state index in [0.29, 0.717) is 30.1 Å². The summed E-state index contributed by atoms with van der Waals surface area (Å²) in [5, 5.41) is 8.12. The maximum absolute atomic E-state index is 12.1. The van der Waals surface area contributed by atoms with Crippen LogP contribution in [0.4, 0.5) is 16.2 Å². The summed E-state index contributed by atoms with van der Waals surface area (Å²) in [7, 11) is 0.